The summed E-state index contributed by atoms with van der Waals surface area (Å²) in [5, 5.41) is 8.39. The number of imidazole rings is 1. The van der Waals surface area contributed by atoms with E-state index in [0.29, 0.717) is 5.69 Å². The van der Waals surface area contributed by atoms with E-state index >= 15 is 0 Å². The van der Waals surface area contributed by atoms with Crippen molar-refractivity contribution in [1.82, 2.24) is 9.97 Å². The summed E-state index contributed by atoms with van der Waals surface area (Å²) in [4.78, 5) is 15.8. The first-order chi connectivity index (χ1) is 5.59. The Morgan fingerprint density at radius 1 is 1.92 bits per heavy atom. The smallest absolute Gasteiger partial charge is 0.320 e. The van der Waals surface area contributed by atoms with Crippen LogP contribution in [0.2, 0.25) is 0 Å². The molecule has 0 aliphatic heterocycles. The van der Waals surface area contributed by atoms with Crippen molar-refractivity contribution in [2.45, 2.75) is 12.5 Å². The molecule has 0 aromatic carbocycles. The highest BCUT2D eigenvalue weighted by molar-refractivity contribution is 5.73. The summed E-state index contributed by atoms with van der Waals surface area (Å²) in [6.45, 7) is 0. The van der Waals surface area contributed by atoms with E-state index < -0.39 is 18.1 Å². The lowest BCUT2D eigenvalue weighted by Crippen LogP contribution is -2.32. The summed E-state index contributed by atoms with van der Waals surface area (Å²) in [5.41, 5.74) is 5.49. The number of nitrogens with one attached hydrogen (secondary N) is 1. The van der Waals surface area contributed by atoms with E-state index in [1.54, 1.807) is 0 Å². The van der Waals surface area contributed by atoms with Crippen molar-refractivity contribution < 1.29 is 14.3 Å². The maximum atomic E-state index is 12.2. The second-order valence-electron chi connectivity index (χ2n) is 2.33. The number of halogens is 1. The molecule has 1 atom stereocenters. The number of aromatic amines is 1. The molecular weight excluding hydrogens is 165 g/mol. The minimum Gasteiger partial charge on any atom is -0.480 e. The highest BCUT2D eigenvalue weighted by Gasteiger charge is 2.13. The number of nitrogens with zero attached hydrogens (tertiary/aromatic N) is 1. The summed E-state index contributed by atoms with van der Waals surface area (Å²) < 4.78 is 12.2. The van der Waals surface area contributed by atoms with Crippen molar-refractivity contribution in [3.8, 4) is 0 Å². The maximum Gasteiger partial charge on any atom is 0.320 e. The standard InChI is InChI=1S/C6H8FN3O2/c7-6-9-2-3(10-6)1-4(8)5(11)12/h2,4H,1,8H2,(H,9,10)(H,11,12). The fraction of sp³-hybridized carbons (Fsp3) is 0.333. The highest BCUT2D eigenvalue weighted by atomic mass is 19.1. The number of hydrogen-bond donors (Lipinski definition) is 3. The molecule has 5 nitrogen and oxygen atoms in total. The third-order valence-corrected chi connectivity index (χ3v) is 1.35. The number of nitrogens with two attached hydrogens (primary N) is 1. The van der Waals surface area contributed by atoms with Crippen LogP contribution in [0.3, 0.4) is 0 Å². The summed E-state index contributed by atoms with van der Waals surface area (Å²) in [7, 11) is 0. The molecule has 1 aromatic rings. The molecule has 6 heteroatoms. The Morgan fingerprint density at radius 3 is 3.00 bits per heavy atom. The van der Waals surface area contributed by atoms with Gasteiger partial charge in [0.05, 0.1) is 5.69 Å². The monoisotopic (exact) mass is 173 g/mol. The summed E-state index contributed by atoms with van der Waals surface area (Å²) in [6, 6.07) is -1.03. The number of aliphatic carboxylic acids is 1. The van der Waals surface area contributed by atoms with Gasteiger partial charge < -0.3 is 15.8 Å². The SMILES string of the molecule is NC(Cc1c[nH]c(F)n1)C(=O)O. The van der Waals surface area contributed by atoms with Gasteiger partial charge in [-0.1, -0.05) is 0 Å². The second-order valence-corrected chi connectivity index (χ2v) is 2.33. The molecule has 1 aromatic heterocycles. The number of H-pyrrole nitrogens is 1. The molecule has 0 fully saturated rings. The zero-order valence-corrected chi connectivity index (χ0v) is 6.12. The van der Waals surface area contributed by atoms with Crippen molar-refractivity contribution in [3.63, 3.8) is 0 Å². The van der Waals surface area contributed by atoms with Crippen molar-refractivity contribution in [2.24, 2.45) is 5.73 Å². The highest BCUT2D eigenvalue weighted by Crippen LogP contribution is 1.98. The summed E-state index contributed by atoms with van der Waals surface area (Å²) >= 11 is 0. The molecule has 0 saturated heterocycles. The van der Waals surface area contributed by atoms with Gasteiger partial charge in [0.25, 0.3) is 6.08 Å². The van der Waals surface area contributed by atoms with Crippen molar-refractivity contribution in [3.05, 3.63) is 18.0 Å². The molecule has 0 bridgehead atoms. The van der Waals surface area contributed by atoms with Gasteiger partial charge in [-0.05, 0) is 0 Å². The van der Waals surface area contributed by atoms with Gasteiger partial charge in [0.2, 0.25) is 0 Å². The fourth-order valence-corrected chi connectivity index (χ4v) is 0.751. The van der Waals surface area contributed by atoms with Gasteiger partial charge in [-0.3, -0.25) is 4.79 Å². The quantitative estimate of drug-likeness (QED) is 0.574. The second kappa shape index (κ2) is 3.31. The molecule has 1 heterocycles. The molecule has 0 amide bonds. The summed E-state index contributed by atoms with van der Waals surface area (Å²) in [5.74, 6) is -1.13. The average Bonchev–Trinajstić information content (AvgIpc) is 2.35. The molecule has 0 spiro atoms. The normalized spacial score (nSPS) is 12.8. The van der Waals surface area contributed by atoms with E-state index in [1.807, 2.05) is 0 Å². The number of carbonyl (C=O) groups is 1. The van der Waals surface area contributed by atoms with Crippen molar-refractivity contribution in [2.75, 3.05) is 0 Å². The van der Waals surface area contributed by atoms with E-state index in [9.17, 15) is 9.18 Å². The number of hydrogen-bond acceptors (Lipinski definition) is 3. The van der Waals surface area contributed by atoms with Gasteiger partial charge >= 0.3 is 5.97 Å². The Bertz CT molecular complexity index is 286. The third kappa shape index (κ3) is 2.03. The number of carboxylic acids is 1. The Morgan fingerprint density at radius 2 is 2.58 bits per heavy atom. The molecule has 4 N–H and O–H groups in total. The van der Waals surface area contributed by atoms with E-state index in [1.165, 1.54) is 6.20 Å². The fourth-order valence-electron chi connectivity index (χ4n) is 0.751. The zero-order chi connectivity index (χ0) is 9.14. The molecule has 1 rings (SSSR count). The number of carboxylic acid groups (broad SMARTS) is 1. The summed E-state index contributed by atoms with van der Waals surface area (Å²) in [6.07, 6.45) is 0.580. The van der Waals surface area contributed by atoms with Crippen LogP contribution in [0.15, 0.2) is 6.20 Å². The Kier molecular flexibility index (Phi) is 2.39. The van der Waals surface area contributed by atoms with Crippen molar-refractivity contribution in [1.29, 1.82) is 0 Å². The lowest BCUT2D eigenvalue weighted by Gasteiger charge is -2.01. The van der Waals surface area contributed by atoms with Crippen LogP contribution in [-0.2, 0) is 11.2 Å². The van der Waals surface area contributed by atoms with Gasteiger partial charge in [-0.25, -0.2) is 4.98 Å². The van der Waals surface area contributed by atoms with Crippen LogP contribution >= 0.6 is 0 Å². The van der Waals surface area contributed by atoms with Crippen LogP contribution in [0.25, 0.3) is 0 Å². The lowest BCUT2D eigenvalue weighted by molar-refractivity contribution is -0.138. The maximum absolute atomic E-state index is 12.2. The molecule has 1 unspecified atom stereocenters. The first kappa shape index (κ1) is 8.66. The largest absolute Gasteiger partial charge is 0.480 e. The first-order valence-corrected chi connectivity index (χ1v) is 3.28. The molecule has 0 aliphatic rings. The molecular formula is C6H8FN3O2. The van der Waals surface area contributed by atoms with Crippen LogP contribution in [0.1, 0.15) is 5.69 Å². The minimum absolute atomic E-state index is 0.0236. The van der Waals surface area contributed by atoms with Crippen molar-refractivity contribution >= 4 is 5.97 Å². The average molecular weight is 173 g/mol. The number of aromatic nitrogens is 2. The first-order valence-electron chi connectivity index (χ1n) is 3.28. The zero-order valence-electron chi connectivity index (χ0n) is 6.12. The Labute approximate surface area is 67.4 Å². The van der Waals surface area contributed by atoms with Crippen LogP contribution in [0, 0.1) is 6.08 Å². The van der Waals surface area contributed by atoms with Gasteiger partial charge in [0.15, 0.2) is 0 Å². The van der Waals surface area contributed by atoms with Gasteiger partial charge in [0, 0.05) is 12.6 Å². The molecule has 0 radical (unpaired) electrons. The predicted molar refractivity (Wildman–Crippen MR) is 37.9 cm³/mol. The lowest BCUT2D eigenvalue weighted by atomic mass is 10.2. The van der Waals surface area contributed by atoms with Crippen LogP contribution in [-0.4, -0.2) is 27.1 Å². The van der Waals surface area contributed by atoms with Gasteiger partial charge in [0.1, 0.15) is 6.04 Å². The number of rotatable bonds is 3. The van der Waals surface area contributed by atoms with Crippen LogP contribution in [0.5, 0.6) is 0 Å². The van der Waals surface area contributed by atoms with Gasteiger partial charge in [-0.15, -0.1) is 0 Å². The molecule has 12 heavy (non-hydrogen) atoms. The molecule has 66 valence electrons. The Hall–Kier alpha value is -1.43. The minimum atomic E-state index is -1.13. The Balaban J connectivity index is 2.58. The third-order valence-electron chi connectivity index (χ3n) is 1.35. The van der Waals surface area contributed by atoms with Crippen LogP contribution in [0.4, 0.5) is 4.39 Å². The predicted octanol–water partition coefficient (Wildman–Crippen LogP) is -0.497. The van der Waals surface area contributed by atoms with E-state index in [2.05, 4.69) is 9.97 Å². The van der Waals surface area contributed by atoms with E-state index in [4.69, 9.17) is 10.8 Å². The molecule has 0 aliphatic carbocycles. The topological polar surface area (TPSA) is 92.0 Å². The van der Waals surface area contributed by atoms with Crippen LogP contribution < -0.4 is 5.73 Å². The van der Waals surface area contributed by atoms with E-state index in [0.717, 1.165) is 0 Å². The van der Waals surface area contributed by atoms with E-state index in [-0.39, 0.29) is 6.42 Å². The van der Waals surface area contributed by atoms with Gasteiger partial charge in [-0.2, -0.15) is 4.39 Å². The molecule has 0 saturated carbocycles.